The maximum atomic E-state index is 6.08. The summed E-state index contributed by atoms with van der Waals surface area (Å²) < 4.78 is 6.08. The normalized spacial score (nSPS) is 24.0. The third kappa shape index (κ3) is 4.31. The van der Waals surface area contributed by atoms with Crippen molar-refractivity contribution in [3.8, 4) is 45.0 Å². The van der Waals surface area contributed by atoms with Crippen LogP contribution in [0.1, 0.15) is 44.1 Å². The molecule has 4 aliphatic carbocycles. The van der Waals surface area contributed by atoms with Crippen molar-refractivity contribution >= 4 is 11.1 Å². The number of aromatic nitrogens is 3. The monoisotopic (exact) mass is 559 g/mol. The zero-order valence-electron chi connectivity index (χ0n) is 24.1. The number of oxazole rings is 1. The van der Waals surface area contributed by atoms with E-state index in [1.54, 1.807) is 6.39 Å². The van der Waals surface area contributed by atoms with Gasteiger partial charge in [-0.3, -0.25) is 0 Å². The van der Waals surface area contributed by atoms with E-state index in [0.717, 1.165) is 62.8 Å². The van der Waals surface area contributed by atoms with Crippen molar-refractivity contribution in [1.82, 2.24) is 15.0 Å². The van der Waals surface area contributed by atoms with Gasteiger partial charge in [0.25, 0.3) is 0 Å². The Hall–Kier alpha value is -4.57. The van der Waals surface area contributed by atoms with Gasteiger partial charge in [-0.2, -0.15) is 0 Å². The fraction of sp³-hybridized carbons (Fsp3) is 0.256. The van der Waals surface area contributed by atoms with Crippen LogP contribution in [0, 0.1) is 17.8 Å². The van der Waals surface area contributed by atoms with Gasteiger partial charge in [-0.25, -0.2) is 15.0 Å². The smallest absolute Gasteiger partial charge is 0.181 e. The van der Waals surface area contributed by atoms with Gasteiger partial charge in [0.05, 0.1) is 11.4 Å². The van der Waals surface area contributed by atoms with Crippen molar-refractivity contribution in [1.29, 1.82) is 0 Å². The lowest BCUT2D eigenvalue weighted by Crippen LogP contribution is -2.48. The van der Waals surface area contributed by atoms with Crippen LogP contribution >= 0.6 is 0 Å². The van der Waals surface area contributed by atoms with E-state index in [4.69, 9.17) is 14.4 Å². The van der Waals surface area contributed by atoms with Gasteiger partial charge >= 0.3 is 0 Å². The van der Waals surface area contributed by atoms with E-state index in [0.29, 0.717) is 0 Å². The number of hydrogen-bond acceptors (Lipinski definition) is 4. The van der Waals surface area contributed by atoms with Gasteiger partial charge < -0.3 is 4.42 Å². The average Bonchev–Trinajstić information content (AvgIpc) is 3.53. The number of hydrogen-bond donors (Lipinski definition) is 0. The van der Waals surface area contributed by atoms with Crippen molar-refractivity contribution in [3.63, 3.8) is 0 Å². The Kier molecular flexibility index (Phi) is 5.65. The van der Waals surface area contributed by atoms with E-state index < -0.39 is 0 Å². The molecule has 4 aliphatic rings. The minimum absolute atomic E-state index is 0.241. The largest absolute Gasteiger partial charge is 0.443 e. The number of nitrogens with zero attached hydrogens (tertiary/aromatic N) is 3. The summed E-state index contributed by atoms with van der Waals surface area (Å²) in [6.45, 7) is 0. The van der Waals surface area contributed by atoms with Crippen LogP contribution < -0.4 is 0 Å². The average molecular weight is 560 g/mol. The van der Waals surface area contributed by atoms with Gasteiger partial charge in [-0.15, -0.1) is 0 Å². The molecule has 0 amide bonds. The van der Waals surface area contributed by atoms with Crippen molar-refractivity contribution in [2.75, 3.05) is 0 Å². The first kappa shape index (κ1) is 25.0. The lowest BCUT2D eigenvalue weighted by molar-refractivity contribution is -0.00486. The first-order chi connectivity index (χ1) is 21.2. The molecule has 0 spiro atoms. The lowest BCUT2D eigenvalue weighted by Gasteiger charge is -2.57. The quantitative estimate of drug-likeness (QED) is 0.211. The molecular weight excluding hydrogens is 526 g/mol. The Balaban J connectivity index is 1.11. The van der Waals surface area contributed by atoms with Gasteiger partial charge in [0.2, 0.25) is 0 Å². The molecule has 43 heavy (non-hydrogen) atoms. The van der Waals surface area contributed by atoms with Crippen molar-refractivity contribution in [3.05, 3.63) is 115 Å². The molecule has 4 fully saturated rings. The van der Waals surface area contributed by atoms with Crippen LogP contribution in [0.2, 0.25) is 0 Å². The van der Waals surface area contributed by atoms with E-state index in [1.807, 2.05) is 24.3 Å². The Labute approximate surface area is 251 Å². The molecule has 0 radical (unpaired) electrons. The summed E-state index contributed by atoms with van der Waals surface area (Å²) in [4.78, 5) is 14.6. The van der Waals surface area contributed by atoms with Crippen LogP contribution in [-0.4, -0.2) is 15.0 Å². The van der Waals surface area contributed by atoms with Gasteiger partial charge in [-0.05, 0) is 91.0 Å². The molecule has 4 heteroatoms. The molecular formula is C39H33N3O. The van der Waals surface area contributed by atoms with Gasteiger partial charge in [0, 0.05) is 22.3 Å². The summed E-state index contributed by atoms with van der Waals surface area (Å²) in [6, 6.07) is 36.1. The van der Waals surface area contributed by atoms with E-state index >= 15 is 0 Å². The molecule has 0 atom stereocenters. The summed E-state index contributed by atoms with van der Waals surface area (Å²) in [6.07, 6.45) is 9.84. The summed E-state index contributed by atoms with van der Waals surface area (Å²) in [5.74, 6) is 3.36. The maximum absolute atomic E-state index is 6.08. The Bertz CT molecular complexity index is 1850. The molecule has 2 heterocycles. The van der Waals surface area contributed by atoms with Gasteiger partial charge in [-0.1, -0.05) is 84.9 Å². The highest BCUT2D eigenvalue weighted by atomic mass is 16.3. The molecule has 6 aromatic rings. The first-order valence-corrected chi connectivity index (χ1v) is 15.7. The predicted octanol–water partition coefficient (Wildman–Crippen LogP) is 9.75. The minimum atomic E-state index is 0.241. The predicted molar refractivity (Wildman–Crippen MR) is 171 cm³/mol. The molecule has 4 nitrogen and oxygen atoms in total. The topological polar surface area (TPSA) is 51.8 Å². The zero-order chi connectivity index (χ0) is 28.4. The molecule has 0 N–H and O–H groups in total. The molecule has 0 aliphatic heterocycles. The standard InChI is InChI=1S/C39H33N3O/c1-3-7-29(8-4-1)34-20-35(42-38(41-34)31-9-5-2-6-10-31)30-13-11-28(12-14-30)32-18-33(37-36(19-32)40-24-43-37)39-21-25-15-26(22-39)17-27(16-25)23-39/h1-14,18-20,24-27H,15-17,21-23H2. The summed E-state index contributed by atoms with van der Waals surface area (Å²) in [5.41, 5.74) is 11.0. The Morgan fingerprint density at radius 3 is 1.74 bits per heavy atom. The third-order valence-corrected chi connectivity index (χ3v) is 10.4. The summed E-state index contributed by atoms with van der Waals surface area (Å²) in [5, 5.41) is 0. The third-order valence-electron chi connectivity index (χ3n) is 10.4. The number of benzene rings is 4. The van der Waals surface area contributed by atoms with Gasteiger partial charge in [0.15, 0.2) is 17.8 Å². The highest BCUT2D eigenvalue weighted by Gasteiger charge is 2.52. The van der Waals surface area contributed by atoms with E-state index in [-0.39, 0.29) is 5.41 Å². The van der Waals surface area contributed by atoms with Crippen LogP contribution in [-0.2, 0) is 5.41 Å². The molecule has 4 aromatic carbocycles. The van der Waals surface area contributed by atoms with E-state index in [2.05, 4.69) is 83.8 Å². The van der Waals surface area contributed by atoms with Crippen molar-refractivity contribution in [2.45, 2.75) is 43.9 Å². The molecule has 0 saturated heterocycles. The number of fused-ring (bicyclic) bond motifs is 1. The van der Waals surface area contributed by atoms with Crippen LogP contribution in [0.15, 0.2) is 114 Å². The molecule has 210 valence electrons. The van der Waals surface area contributed by atoms with Crippen LogP contribution in [0.5, 0.6) is 0 Å². The SMILES string of the molecule is c1ccc(-c2cc(-c3ccc(-c4cc(C56CC7CC(CC(C7)C5)C6)c5ocnc5c4)cc3)nc(-c3ccccc3)n2)cc1. The van der Waals surface area contributed by atoms with Crippen LogP contribution in [0.4, 0.5) is 0 Å². The summed E-state index contributed by atoms with van der Waals surface area (Å²) >= 11 is 0. The Morgan fingerprint density at radius 2 is 1.12 bits per heavy atom. The van der Waals surface area contributed by atoms with Gasteiger partial charge in [0.1, 0.15) is 5.52 Å². The van der Waals surface area contributed by atoms with Crippen molar-refractivity contribution < 1.29 is 4.42 Å². The Morgan fingerprint density at radius 1 is 0.558 bits per heavy atom. The second-order valence-electron chi connectivity index (χ2n) is 13.2. The molecule has 4 saturated carbocycles. The second kappa shape index (κ2) is 9.74. The van der Waals surface area contributed by atoms with Crippen LogP contribution in [0.25, 0.3) is 56.1 Å². The summed E-state index contributed by atoms with van der Waals surface area (Å²) in [7, 11) is 0. The lowest BCUT2D eigenvalue weighted by atomic mass is 9.48. The molecule has 2 aromatic heterocycles. The molecule has 4 bridgehead atoms. The van der Waals surface area contributed by atoms with E-state index in [9.17, 15) is 0 Å². The second-order valence-corrected chi connectivity index (χ2v) is 13.2. The van der Waals surface area contributed by atoms with E-state index in [1.165, 1.54) is 55.2 Å². The maximum Gasteiger partial charge on any atom is 0.181 e. The molecule has 10 rings (SSSR count). The highest BCUT2D eigenvalue weighted by Crippen LogP contribution is 2.61. The van der Waals surface area contributed by atoms with Crippen LogP contribution in [0.3, 0.4) is 0 Å². The minimum Gasteiger partial charge on any atom is -0.443 e. The zero-order valence-corrected chi connectivity index (χ0v) is 24.1. The molecule has 0 unspecified atom stereocenters. The first-order valence-electron chi connectivity index (χ1n) is 15.7. The highest BCUT2D eigenvalue weighted by molar-refractivity contribution is 5.85. The number of rotatable bonds is 5. The fourth-order valence-corrected chi connectivity index (χ4v) is 8.87. The fourth-order valence-electron chi connectivity index (χ4n) is 8.87. The van der Waals surface area contributed by atoms with Crippen molar-refractivity contribution in [2.24, 2.45) is 17.8 Å².